The van der Waals surface area contributed by atoms with Crippen LogP contribution in [-0.2, 0) is 0 Å². The van der Waals surface area contributed by atoms with Crippen LogP contribution in [0.25, 0.3) is 116 Å². The predicted molar refractivity (Wildman–Crippen MR) is 223 cm³/mol. The van der Waals surface area contributed by atoms with Crippen molar-refractivity contribution in [2.45, 2.75) is 0 Å². The fourth-order valence-electron chi connectivity index (χ4n) is 8.29. The third kappa shape index (κ3) is 4.52. The molecule has 6 nitrogen and oxygen atoms in total. The first-order valence-corrected chi connectivity index (χ1v) is 18.4. The van der Waals surface area contributed by atoms with E-state index in [0.717, 1.165) is 71.7 Å². The monoisotopic (exact) mass is 704 g/mol. The number of hydrogen-bond acceptors (Lipinski definition) is 5. The summed E-state index contributed by atoms with van der Waals surface area (Å²) >= 11 is 0. The second-order valence-electron chi connectivity index (χ2n) is 14.0. The standard InChI is InChI=1S/C49H28N4O2/c1-2-12-29(13-3-1)47-50-48(32-22-23-36-34-17-7-10-20-42(34)54-44(36)28-32)52-49(51-47)45-40(25-24-37-35-18-8-11-21-43(35)55-46(37)45)53-39-19-9-6-16-33(39)38-26-30-14-4-5-15-31(30)27-41(38)53/h1-28H. The van der Waals surface area contributed by atoms with Gasteiger partial charge in [0.1, 0.15) is 22.3 Å². The van der Waals surface area contributed by atoms with Crippen LogP contribution < -0.4 is 0 Å². The molecule has 12 aromatic rings. The van der Waals surface area contributed by atoms with Crippen LogP contribution in [0.3, 0.4) is 0 Å². The fourth-order valence-corrected chi connectivity index (χ4v) is 8.29. The molecule has 0 spiro atoms. The molecule has 0 atom stereocenters. The van der Waals surface area contributed by atoms with Gasteiger partial charge in [-0.2, -0.15) is 0 Å². The van der Waals surface area contributed by atoms with E-state index in [1.54, 1.807) is 0 Å². The molecule has 0 aliphatic carbocycles. The number of para-hydroxylation sites is 3. The second kappa shape index (κ2) is 11.5. The van der Waals surface area contributed by atoms with Crippen molar-refractivity contribution in [3.05, 3.63) is 170 Å². The topological polar surface area (TPSA) is 69.9 Å². The van der Waals surface area contributed by atoms with Crippen molar-refractivity contribution in [1.29, 1.82) is 0 Å². The molecular weight excluding hydrogens is 677 g/mol. The number of hydrogen-bond donors (Lipinski definition) is 0. The Morgan fingerprint density at radius 1 is 0.364 bits per heavy atom. The lowest BCUT2D eigenvalue weighted by molar-refractivity contribution is 0.668. The molecule has 12 rings (SSSR count). The van der Waals surface area contributed by atoms with Crippen LogP contribution in [0.5, 0.6) is 0 Å². The molecule has 0 bridgehead atoms. The fraction of sp³-hybridized carbons (Fsp3) is 0. The lowest BCUT2D eigenvalue weighted by atomic mass is 10.0. The van der Waals surface area contributed by atoms with E-state index in [4.69, 9.17) is 23.8 Å². The maximum absolute atomic E-state index is 6.82. The first-order valence-electron chi connectivity index (χ1n) is 18.4. The van der Waals surface area contributed by atoms with Gasteiger partial charge >= 0.3 is 0 Å². The van der Waals surface area contributed by atoms with E-state index < -0.39 is 0 Å². The molecule has 0 amide bonds. The van der Waals surface area contributed by atoms with Crippen molar-refractivity contribution in [2.75, 3.05) is 0 Å². The summed E-state index contributed by atoms with van der Waals surface area (Å²) in [7, 11) is 0. The molecule has 4 aromatic heterocycles. The summed E-state index contributed by atoms with van der Waals surface area (Å²) in [5.74, 6) is 1.62. The lowest BCUT2D eigenvalue weighted by Gasteiger charge is -2.15. The average molecular weight is 705 g/mol. The van der Waals surface area contributed by atoms with Crippen LogP contribution in [0.15, 0.2) is 179 Å². The van der Waals surface area contributed by atoms with Crippen molar-refractivity contribution in [1.82, 2.24) is 19.5 Å². The SMILES string of the molecule is c1ccc(-c2nc(-c3ccc4c(c3)oc3ccccc34)nc(-c3c(-n4c5ccccc5c5cc6ccccc6cc54)ccc4c3oc3ccccc34)n2)cc1. The molecule has 0 unspecified atom stereocenters. The zero-order chi connectivity index (χ0) is 36.0. The van der Waals surface area contributed by atoms with Crippen molar-refractivity contribution in [3.63, 3.8) is 0 Å². The summed E-state index contributed by atoms with van der Waals surface area (Å²) in [6, 6.07) is 58.6. The van der Waals surface area contributed by atoms with Gasteiger partial charge in [0.05, 0.1) is 22.3 Å². The number of nitrogens with zero attached hydrogens (tertiary/aromatic N) is 4. The van der Waals surface area contributed by atoms with E-state index in [-0.39, 0.29) is 0 Å². The van der Waals surface area contributed by atoms with Gasteiger partial charge in [-0.05, 0) is 65.4 Å². The van der Waals surface area contributed by atoms with Crippen LogP contribution in [0.4, 0.5) is 0 Å². The summed E-state index contributed by atoms with van der Waals surface area (Å²) in [5, 5.41) is 8.85. The van der Waals surface area contributed by atoms with Crippen LogP contribution in [0.1, 0.15) is 0 Å². The molecule has 8 aromatic carbocycles. The summed E-state index contributed by atoms with van der Waals surface area (Å²) in [6.07, 6.45) is 0. The minimum absolute atomic E-state index is 0.514. The van der Waals surface area contributed by atoms with Gasteiger partial charge in [-0.25, -0.2) is 15.0 Å². The number of aromatic nitrogens is 4. The van der Waals surface area contributed by atoms with E-state index in [1.807, 2.05) is 72.8 Å². The quantitative estimate of drug-likeness (QED) is 0.182. The molecule has 0 saturated heterocycles. The Balaban J connectivity index is 1.20. The molecule has 0 aliphatic heterocycles. The van der Waals surface area contributed by atoms with Gasteiger partial charge in [0.2, 0.25) is 0 Å². The summed E-state index contributed by atoms with van der Waals surface area (Å²) in [5.41, 5.74) is 8.73. The van der Waals surface area contributed by atoms with E-state index in [1.165, 1.54) is 21.5 Å². The average Bonchev–Trinajstić information content (AvgIpc) is 3.91. The van der Waals surface area contributed by atoms with Gasteiger partial charge in [0, 0.05) is 43.4 Å². The van der Waals surface area contributed by atoms with E-state index in [9.17, 15) is 0 Å². The number of furan rings is 2. The Morgan fingerprint density at radius 3 is 1.78 bits per heavy atom. The van der Waals surface area contributed by atoms with Gasteiger partial charge in [-0.15, -0.1) is 0 Å². The third-order valence-electron chi connectivity index (χ3n) is 10.8. The summed E-state index contributed by atoms with van der Waals surface area (Å²) in [4.78, 5) is 15.7. The summed E-state index contributed by atoms with van der Waals surface area (Å²) in [6.45, 7) is 0. The molecule has 256 valence electrons. The van der Waals surface area contributed by atoms with Crippen LogP contribution >= 0.6 is 0 Å². The van der Waals surface area contributed by atoms with Gasteiger partial charge in [0.15, 0.2) is 17.5 Å². The Bertz CT molecular complexity index is 3500. The highest BCUT2D eigenvalue weighted by Gasteiger charge is 2.25. The molecule has 0 N–H and O–H groups in total. The smallest absolute Gasteiger partial charge is 0.170 e. The molecule has 0 fully saturated rings. The first kappa shape index (κ1) is 29.9. The largest absolute Gasteiger partial charge is 0.456 e. The van der Waals surface area contributed by atoms with Crippen LogP contribution in [0, 0.1) is 0 Å². The van der Waals surface area contributed by atoms with Crippen molar-refractivity contribution in [2.24, 2.45) is 0 Å². The van der Waals surface area contributed by atoms with Crippen LogP contribution in [0.2, 0.25) is 0 Å². The second-order valence-corrected chi connectivity index (χ2v) is 14.0. The van der Waals surface area contributed by atoms with Gasteiger partial charge in [0.25, 0.3) is 0 Å². The third-order valence-corrected chi connectivity index (χ3v) is 10.8. The van der Waals surface area contributed by atoms with Gasteiger partial charge < -0.3 is 13.4 Å². The lowest BCUT2D eigenvalue weighted by Crippen LogP contribution is -2.04. The maximum atomic E-state index is 6.82. The van der Waals surface area contributed by atoms with Crippen molar-refractivity contribution < 1.29 is 8.83 Å². The zero-order valence-corrected chi connectivity index (χ0v) is 29.3. The van der Waals surface area contributed by atoms with E-state index in [2.05, 4.69) is 102 Å². The Morgan fingerprint density at radius 2 is 0.964 bits per heavy atom. The zero-order valence-electron chi connectivity index (χ0n) is 29.3. The van der Waals surface area contributed by atoms with Gasteiger partial charge in [-0.3, -0.25) is 0 Å². The molecule has 4 heterocycles. The summed E-state index contributed by atoms with van der Waals surface area (Å²) < 4.78 is 15.5. The highest BCUT2D eigenvalue weighted by Crippen LogP contribution is 2.43. The van der Waals surface area contributed by atoms with E-state index in [0.29, 0.717) is 23.1 Å². The Labute approximate surface area is 313 Å². The predicted octanol–water partition coefficient (Wildman–Crippen LogP) is 12.9. The normalized spacial score (nSPS) is 12.0. The highest BCUT2D eigenvalue weighted by molar-refractivity contribution is 6.16. The molecular formula is C49H28N4O2. The molecule has 0 saturated carbocycles. The number of rotatable bonds is 4. The maximum Gasteiger partial charge on any atom is 0.170 e. The molecule has 0 aliphatic rings. The van der Waals surface area contributed by atoms with Crippen molar-refractivity contribution >= 4 is 76.5 Å². The number of benzene rings is 8. The van der Waals surface area contributed by atoms with Gasteiger partial charge in [-0.1, -0.05) is 115 Å². The number of fused-ring (bicyclic) bond motifs is 10. The first-order chi connectivity index (χ1) is 27.2. The minimum Gasteiger partial charge on any atom is -0.456 e. The van der Waals surface area contributed by atoms with E-state index >= 15 is 0 Å². The van der Waals surface area contributed by atoms with Crippen molar-refractivity contribution in [3.8, 4) is 39.9 Å². The highest BCUT2D eigenvalue weighted by atomic mass is 16.3. The molecule has 6 heteroatoms. The minimum atomic E-state index is 0.514. The van der Waals surface area contributed by atoms with Crippen LogP contribution in [-0.4, -0.2) is 19.5 Å². The Hall–Kier alpha value is -7.57. The molecule has 0 radical (unpaired) electrons. The molecule has 55 heavy (non-hydrogen) atoms. The Kier molecular flexibility index (Phi) is 6.24.